The molecule has 0 fully saturated rings. The second-order valence-corrected chi connectivity index (χ2v) is 6.25. The molecule has 1 atom stereocenters. The Bertz CT molecular complexity index is 763. The van der Waals surface area contributed by atoms with Crippen molar-refractivity contribution in [3.8, 4) is 5.75 Å². The molecule has 146 valence electrons. The maximum Gasteiger partial charge on any atom is 0.418 e. The van der Waals surface area contributed by atoms with Crippen LogP contribution in [0.3, 0.4) is 0 Å². The van der Waals surface area contributed by atoms with E-state index in [2.05, 4.69) is 10.6 Å². The standard InChI is InChI=1S/C20H23F3N2O2/c1-14(24-11-10-15-6-5-7-16(13-15)27-2)12-19(26)25-18-9-4-3-8-17(18)20(21,22)23/h3-9,13-14,24H,10-12H2,1-2H3,(H,25,26). The number of halogens is 3. The SMILES string of the molecule is COc1cccc(CCNC(C)CC(=O)Nc2ccccc2C(F)(F)F)c1. The first-order valence-corrected chi connectivity index (χ1v) is 8.62. The summed E-state index contributed by atoms with van der Waals surface area (Å²) < 4.78 is 44.1. The fourth-order valence-corrected chi connectivity index (χ4v) is 2.68. The molecule has 2 rings (SSSR count). The average molecular weight is 380 g/mol. The Kier molecular flexibility index (Phi) is 7.24. The van der Waals surface area contributed by atoms with Crippen LogP contribution in [0.1, 0.15) is 24.5 Å². The highest BCUT2D eigenvalue weighted by Gasteiger charge is 2.33. The van der Waals surface area contributed by atoms with Gasteiger partial charge in [0.15, 0.2) is 0 Å². The van der Waals surface area contributed by atoms with Gasteiger partial charge in [-0.3, -0.25) is 4.79 Å². The second-order valence-electron chi connectivity index (χ2n) is 6.25. The Labute approximate surface area is 156 Å². The largest absolute Gasteiger partial charge is 0.497 e. The Morgan fingerprint density at radius 2 is 1.89 bits per heavy atom. The van der Waals surface area contributed by atoms with Crippen molar-refractivity contribution in [2.45, 2.75) is 32.0 Å². The molecule has 0 heterocycles. The molecule has 0 saturated heterocycles. The number of alkyl halides is 3. The van der Waals surface area contributed by atoms with Gasteiger partial charge >= 0.3 is 6.18 Å². The third-order valence-corrected chi connectivity index (χ3v) is 4.04. The fraction of sp³-hybridized carbons (Fsp3) is 0.350. The zero-order valence-electron chi connectivity index (χ0n) is 15.3. The molecule has 0 spiro atoms. The first-order valence-electron chi connectivity index (χ1n) is 8.62. The Morgan fingerprint density at radius 1 is 1.15 bits per heavy atom. The van der Waals surface area contributed by atoms with Crippen LogP contribution < -0.4 is 15.4 Å². The monoisotopic (exact) mass is 380 g/mol. The number of nitrogens with one attached hydrogen (secondary N) is 2. The zero-order valence-corrected chi connectivity index (χ0v) is 15.3. The minimum atomic E-state index is -4.51. The molecule has 0 aliphatic carbocycles. The van der Waals surface area contributed by atoms with E-state index >= 15 is 0 Å². The van der Waals surface area contributed by atoms with Gasteiger partial charge in [0.1, 0.15) is 5.75 Å². The lowest BCUT2D eigenvalue weighted by Gasteiger charge is -2.16. The Hall–Kier alpha value is -2.54. The smallest absolute Gasteiger partial charge is 0.418 e. The maximum absolute atomic E-state index is 13.0. The highest BCUT2D eigenvalue weighted by atomic mass is 19.4. The van der Waals surface area contributed by atoms with Gasteiger partial charge in [-0.1, -0.05) is 24.3 Å². The van der Waals surface area contributed by atoms with E-state index in [1.165, 1.54) is 18.2 Å². The van der Waals surface area contributed by atoms with Gasteiger partial charge in [0.2, 0.25) is 5.91 Å². The number of carbonyl (C=O) groups excluding carboxylic acids is 1. The molecule has 4 nitrogen and oxygen atoms in total. The van der Waals surface area contributed by atoms with Crippen LogP contribution in [0, 0.1) is 0 Å². The number of ether oxygens (including phenoxy) is 1. The van der Waals surface area contributed by atoms with Crippen LogP contribution in [0.5, 0.6) is 5.75 Å². The molecule has 2 aromatic rings. The summed E-state index contributed by atoms with van der Waals surface area (Å²) in [4.78, 5) is 12.1. The summed E-state index contributed by atoms with van der Waals surface area (Å²) in [6.07, 6.45) is -3.69. The molecule has 0 aliphatic rings. The topological polar surface area (TPSA) is 50.4 Å². The molecule has 27 heavy (non-hydrogen) atoms. The van der Waals surface area contributed by atoms with Crippen LogP contribution in [-0.4, -0.2) is 25.6 Å². The summed E-state index contributed by atoms with van der Waals surface area (Å²) >= 11 is 0. The van der Waals surface area contributed by atoms with Crippen molar-refractivity contribution < 1.29 is 22.7 Å². The minimum Gasteiger partial charge on any atom is -0.497 e. The predicted octanol–water partition coefficient (Wildman–Crippen LogP) is 4.26. The quantitative estimate of drug-likeness (QED) is 0.719. The van der Waals surface area contributed by atoms with Crippen LogP contribution in [0.15, 0.2) is 48.5 Å². The van der Waals surface area contributed by atoms with Gasteiger partial charge in [0, 0.05) is 12.5 Å². The molecule has 0 aromatic heterocycles. The van der Waals surface area contributed by atoms with Gasteiger partial charge in [-0.15, -0.1) is 0 Å². The predicted molar refractivity (Wildman–Crippen MR) is 98.9 cm³/mol. The van der Waals surface area contributed by atoms with Crippen LogP contribution in [0.2, 0.25) is 0 Å². The average Bonchev–Trinajstić information content (AvgIpc) is 2.61. The number of hydrogen-bond donors (Lipinski definition) is 2. The lowest BCUT2D eigenvalue weighted by Crippen LogP contribution is -2.32. The number of carbonyl (C=O) groups is 1. The molecule has 0 saturated carbocycles. The van der Waals surface area contributed by atoms with Crippen molar-refractivity contribution in [3.63, 3.8) is 0 Å². The summed E-state index contributed by atoms with van der Waals surface area (Å²) in [5, 5.41) is 5.56. The van der Waals surface area contributed by atoms with Crippen molar-refractivity contribution in [1.82, 2.24) is 5.32 Å². The molecule has 0 radical (unpaired) electrons. The summed E-state index contributed by atoms with van der Waals surface area (Å²) in [5.74, 6) is 0.316. The Balaban J connectivity index is 1.82. The third-order valence-electron chi connectivity index (χ3n) is 4.04. The number of amides is 1. The summed E-state index contributed by atoms with van der Waals surface area (Å²) in [7, 11) is 1.61. The molecule has 7 heteroatoms. The molecule has 1 amide bonds. The number of benzene rings is 2. The molecular formula is C20H23F3N2O2. The van der Waals surface area contributed by atoms with Crippen LogP contribution in [-0.2, 0) is 17.4 Å². The Morgan fingerprint density at radius 3 is 2.59 bits per heavy atom. The van der Waals surface area contributed by atoms with E-state index in [-0.39, 0.29) is 18.2 Å². The van der Waals surface area contributed by atoms with Gasteiger partial charge in [0.05, 0.1) is 18.4 Å². The van der Waals surface area contributed by atoms with E-state index < -0.39 is 17.6 Å². The van der Waals surface area contributed by atoms with E-state index in [4.69, 9.17) is 4.74 Å². The number of hydrogen-bond acceptors (Lipinski definition) is 3. The summed E-state index contributed by atoms with van der Waals surface area (Å²) in [6.45, 7) is 2.46. The van der Waals surface area contributed by atoms with Crippen LogP contribution in [0.25, 0.3) is 0 Å². The lowest BCUT2D eigenvalue weighted by molar-refractivity contribution is -0.137. The summed E-state index contributed by atoms with van der Waals surface area (Å²) in [5.41, 5.74) is 0.0215. The van der Waals surface area contributed by atoms with E-state index in [9.17, 15) is 18.0 Å². The first kappa shape index (κ1) is 20.8. The molecular weight excluding hydrogens is 357 g/mol. The number of rotatable bonds is 8. The normalized spacial score (nSPS) is 12.5. The minimum absolute atomic E-state index is 0.0737. The van der Waals surface area contributed by atoms with Crippen molar-refractivity contribution in [2.75, 3.05) is 19.0 Å². The van der Waals surface area contributed by atoms with E-state index in [1.807, 2.05) is 31.2 Å². The van der Waals surface area contributed by atoms with Gasteiger partial charge in [0.25, 0.3) is 0 Å². The number of methoxy groups -OCH3 is 1. The first-order chi connectivity index (χ1) is 12.8. The van der Waals surface area contributed by atoms with Crippen molar-refractivity contribution in [3.05, 3.63) is 59.7 Å². The van der Waals surface area contributed by atoms with E-state index in [0.29, 0.717) is 6.54 Å². The second kappa shape index (κ2) is 9.41. The molecule has 0 bridgehead atoms. The maximum atomic E-state index is 13.0. The molecule has 0 aliphatic heterocycles. The van der Waals surface area contributed by atoms with Crippen LogP contribution >= 0.6 is 0 Å². The van der Waals surface area contributed by atoms with E-state index in [0.717, 1.165) is 23.8 Å². The summed E-state index contributed by atoms with van der Waals surface area (Å²) in [6, 6.07) is 12.5. The highest BCUT2D eigenvalue weighted by molar-refractivity contribution is 5.92. The molecule has 2 N–H and O–H groups in total. The highest BCUT2D eigenvalue weighted by Crippen LogP contribution is 2.34. The molecule has 2 aromatic carbocycles. The van der Waals surface area contributed by atoms with E-state index in [1.54, 1.807) is 7.11 Å². The van der Waals surface area contributed by atoms with Crippen molar-refractivity contribution in [2.24, 2.45) is 0 Å². The van der Waals surface area contributed by atoms with Crippen molar-refractivity contribution in [1.29, 1.82) is 0 Å². The van der Waals surface area contributed by atoms with Gasteiger partial charge in [-0.2, -0.15) is 13.2 Å². The molecule has 1 unspecified atom stereocenters. The lowest BCUT2D eigenvalue weighted by atomic mass is 10.1. The fourth-order valence-electron chi connectivity index (χ4n) is 2.68. The van der Waals surface area contributed by atoms with Gasteiger partial charge < -0.3 is 15.4 Å². The number of para-hydroxylation sites is 1. The zero-order chi connectivity index (χ0) is 19.9. The number of anilines is 1. The van der Waals surface area contributed by atoms with Crippen molar-refractivity contribution >= 4 is 11.6 Å². The third kappa shape index (κ3) is 6.60. The van der Waals surface area contributed by atoms with Gasteiger partial charge in [-0.05, 0) is 49.7 Å². The van der Waals surface area contributed by atoms with Crippen LogP contribution in [0.4, 0.5) is 18.9 Å². The van der Waals surface area contributed by atoms with Gasteiger partial charge in [-0.25, -0.2) is 0 Å².